The fourth-order valence-electron chi connectivity index (χ4n) is 7.12. The van der Waals surface area contributed by atoms with E-state index in [4.69, 9.17) is 19.4 Å². The molecule has 0 saturated heterocycles. The van der Waals surface area contributed by atoms with Gasteiger partial charge in [0, 0.05) is 27.5 Å². The van der Waals surface area contributed by atoms with Gasteiger partial charge in [-0.1, -0.05) is 140 Å². The predicted octanol–water partition coefficient (Wildman–Crippen LogP) is 11.9. The lowest BCUT2D eigenvalue weighted by atomic mass is 9.93. The van der Waals surface area contributed by atoms with Gasteiger partial charge in [-0.3, -0.25) is 0 Å². The van der Waals surface area contributed by atoms with Crippen molar-refractivity contribution in [3.05, 3.63) is 164 Å². The average molecular weight is 626 g/mol. The molecule has 0 aliphatic carbocycles. The van der Waals surface area contributed by atoms with Gasteiger partial charge in [0.25, 0.3) is 0 Å². The van der Waals surface area contributed by atoms with E-state index >= 15 is 0 Å². The Labute approximate surface area is 282 Å². The van der Waals surface area contributed by atoms with Crippen LogP contribution in [-0.4, -0.2) is 15.0 Å². The van der Waals surface area contributed by atoms with Crippen LogP contribution in [0.1, 0.15) is 0 Å². The third kappa shape index (κ3) is 4.57. The highest BCUT2D eigenvalue weighted by Crippen LogP contribution is 2.38. The highest BCUT2D eigenvalue weighted by molar-refractivity contribution is 6.25. The first kappa shape index (κ1) is 27.5. The summed E-state index contributed by atoms with van der Waals surface area (Å²) in [7, 11) is 0. The third-order valence-electron chi connectivity index (χ3n) is 9.53. The molecule has 0 amide bonds. The van der Waals surface area contributed by atoms with Crippen LogP contribution < -0.4 is 0 Å². The van der Waals surface area contributed by atoms with Gasteiger partial charge in [-0.15, -0.1) is 0 Å². The van der Waals surface area contributed by atoms with Gasteiger partial charge in [0.15, 0.2) is 17.5 Å². The van der Waals surface area contributed by atoms with E-state index in [0.29, 0.717) is 17.5 Å². The maximum Gasteiger partial charge on any atom is 0.164 e. The van der Waals surface area contributed by atoms with E-state index in [9.17, 15) is 0 Å². The van der Waals surface area contributed by atoms with Crippen LogP contribution in [0.4, 0.5) is 0 Å². The number of fused-ring (bicyclic) bond motifs is 9. The topological polar surface area (TPSA) is 51.8 Å². The molecule has 0 saturated carbocycles. The van der Waals surface area contributed by atoms with Crippen LogP contribution in [0.5, 0.6) is 0 Å². The fraction of sp³-hybridized carbons (Fsp3) is 0. The van der Waals surface area contributed by atoms with Crippen molar-refractivity contribution >= 4 is 54.3 Å². The molecule has 228 valence electrons. The van der Waals surface area contributed by atoms with Crippen molar-refractivity contribution in [1.29, 1.82) is 0 Å². The Morgan fingerprint density at radius 2 is 0.673 bits per heavy atom. The molecule has 0 spiro atoms. The van der Waals surface area contributed by atoms with Gasteiger partial charge in [-0.25, -0.2) is 15.0 Å². The van der Waals surface area contributed by atoms with Gasteiger partial charge in [0.2, 0.25) is 0 Å². The van der Waals surface area contributed by atoms with Crippen molar-refractivity contribution in [1.82, 2.24) is 15.0 Å². The van der Waals surface area contributed by atoms with Crippen molar-refractivity contribution in [2.24, 2.45) is 0 Å². The van der Waals surface area contributed by atoms with E-state index in [-0.39, 0.29) is 0 Å². The van der Waals surface area contributed by atoms with Gasteiger partial charge < -0.3 is 4.42 Å². The summed E-state index contributed by atoms with van der Waals surface area (Å²) in [6.07, 6.45) is 0. The summed E-state index contributed by atoms with van der Waals surface area (Å²) in [5.74, 6) is 1.83. The van der Waals surface area contributed by atoms with Crippen molar-refractivity contribution in [2.45, 2.75) is 0 Å². The van der Waals surface area contributed by atoms with Crippen LogP contribution in [0, 0.1) is 0 Å². The highest BCUT2D eigenvalue weighted by atomic mass is 16.3. The number of hydrogen-bond donors (Lipinski definition) is 0. The Hall–Kier alpha value is -6.65. The van der Waals surface area contributed by atoms with Gasteiger partial charge in [-0.05, 0) is 67.7 Å². The highest BCUT2D eigenvalue weighted by Gasteiger charge is 2.16. The van der Waals surface area contributed by atoms with Gasteiger partial charge >= 0.3 is 0 Å². The summed E-state index contributed by atoms with van der Waals surface area (Å²) >= 11 is 0. The molecule has 10 rings (SSSR count). The number of nitrogens with zero attached hydrogens (tertiary/aromatic N) is 3. The number of para-hydroxylation sites is 1. The molecule has 2 aromatic heterocycles. The number of benzene rings is 8. The van der Waals surface area contributed by atoms with Crippen molar-refractivity contribution < 1.29 is 4.42 Å². The van der Waals surface area contributed by atoms with Crippen LogP contribution in [0.2, 0.25) is 0 Å². The van der Waals surface area contributed by atoms with Gasteiger partial charge in [0.05, 0.1) is 0 Å². The molecule has 0 fully saturated rings. The third-order valence-corrected chi connectivity index (χ3v) is 9.53. The summed E-state index contributed by atoms with van der Waals surface area (Å²) in [5, 5.41) is 9.47. The Kier molecular flexibility index (Phi) is 6.15. The minimum atomic E-state index is 0.595. The Bertz CT molecular complexity index is 2840. The molecule has 2 heterocycles. The summed E-state index contributed by atoms with van der Waals surface area (Å²) < 4.78 is 6.25. The van der Waals surface area contributed by atoms with Crippen LogP contribution in [0.15, 0.2) is 168 Å². The first-order valence-corrected chi connectivity index (χ1v) is 16.4. The predicted molar refractivity (Wildman–Crippen MR) is 201 cm³/mol. The number of rotatable bonds is 4. The van der Waals surface area contributed by atoms with E-state index < -0.39 is 0 Å². The van der Waals surface area contributed by atoms with Crippen molar-refractivity contribution in [2.75, 3.05) is 0 Å². The van der Waals surface area contributed by atoms with Crippen LogP contribution >= 0.6 is 0 Å². The molecule has 0 bridgehead atoms. The number of hydrogen-bond acceptors (Lipinski definition) is 4. The standard InChI is InChI=1S/C45H27N3O/c1-2-10-28(11-3-1)29-18-20-30(21-19-29)43-46-44(48-45(47-43)32-23-25-39-38-16-8-9-17-41(38)49-42(39)27-32)31-22-24-37-35-14-5-4-12-33(35)34-13-6-7-15-36(34)40(37)26-31/h1-27H. The quantitative estimate of drug-likeness (QED) is 0.183. The van der Waals surface area contributed by atoms with Crippen molar-refractivity contribution in [3.63, 3.8) is 0 Å². The Morgan fingerprint density at radius 3 is 1.33 bits per heavy atom. The number of furan rings is 1. The molecule has 49 heavy (non-hydrogen) atoms. The van der Waals surface area contributed by atoms with E-state index in [0.717, 1.165) is 44.2 Å². The van der Waals surface area contributed by atoms with Crippen LogP contribution in [0.3, 0.4) is 0 Å². The van der Waals surface area contributed by atoms with E-state index in [2.05, 4.69) is 133 Å². The number of aromatic nitrogens is 3. The minimum Gasteiger partial charge on any atom is -0.456 e. The normalized spacial score (nSPS) is 11.7. The molecule has 4 nitrogen and oxygen atoms in total. The fourth-order valence-corrected chi connectivity index (χ4v) is 7.12. The second-order valence-electron chi connectivity index (χ2n) is 12.4. The molecule has 0 atom stereocenters. The summed E-state index contributed by atoms with van der Waals surface area (Å²) in [5.41, 5.74) is 6.70. The summed E-state index contributed by atoms with van der Waals surface area (Å²) in [6, 6.07) is 57.0. The Balaban J connectivity index is 1.18. The van der Waals surface area contributed by atoms with E-state index in [1.807, 2.05) is 30.3 Å². The molecule has 8 aromatic carbocycles. The SMILES string of the molecule is c1ccc(-c2ccc(-c3nc(-c4ccc5c(c4)oc4ccccc45)nc(-c4ccc5c6ccccc6c6ccccc6c5c4)n3)cc2)cc1. The van der Waals surface area contributed by atoms with E-state index in [1.165, 1.54) is 37.9 Å². The minimum absolute atomic E-state index is 0.595. The first-order chi connectivity index (χ1) is 24.3. The molecule has 0 aliphatic rings. The zero-order chi connectivity index (χ0) is 32.3. The zero-order valence-corrected chi connectivity index (χ0v) is 26.3. The lowest BCUT2D eigenvalue weighted by molar-refractivity contribution is 0.669. The monoisotopic (exact) mass is 625 g/mol. The smallest absolute Gasteiger partial charge is 0.164 e. The average Bonchev–Trinajstić information content (AvgIpc) is 3.56. The Morgan fingerprint density at radius 1 is 0.265 bits per heavy atom. The van der Waals surface area contributed by atoms with Gasteiger partial charge in [0.1, 0.15) is 11.2 Å². The molecular weight excluding hydrogens is 599 g/mol. The second-order valence-corrected chi connectivity index (χ2v) is 12.4. The van der Waals surface area contributed by atoms with E-state index in [1.54, 1.807) is 0 Å². The zero-order valence-electron chi connectivity index (χ0n) is 26.3. The van der Waals surface area contributed by atoms with Crippen LogP contribution in [0.25, 0.3) is 99.5 Å². The molecule has 10 aromatic rings. The lowest BCUT2D eigenvalue weighted by Crippen LogP contribution is -2.00. The molecular formula is C45H27N3O. The lowest BCUT2D eigenvalue weighted by Gasteiger charge is -2.12. The molecule has 4 heteroatoms. The van der Waals surface area contributed by atoms with Crippen LogP contribution in [-0.2, 0) is 0 Å². The maximum absolute atomic E-state index is 6.25. The molecule has 0 radical (unpaired) electrons. The maximum atomic E-state index is 6.25. The second kappa shape index (κ2) is 11.0. The van der Waals surface area contributed by atoms with Gasteiger partial charge in [-0.2, -0.15) is 0 Å². The summed E-state index contributed by atoms with van der Waals surface area (Å²) in [4.78, 5) is 15.3. The molecule has 0 N–H and O–H groups in total. The molecule has 0 aliphatic heterocycles. The largest absolute Gasteiger partial charge is 0.456 e. The first-order valence-electron chi connectivity index (χ1n) is 16.4. The van der Waals surface area contributed by atoms with Crippen molar-refractivity contribution in [3.8, 4) is 45.3 Å². The summed E-state index contributed by atoms with van der Waals surface area (Å²) in [6.45, 7) is 0. The molecule has 0 unspecified atom stereocenters.